The van der Waals surface area contributed by atoms with Crippen LogP contribution in [0.5, 0.6) is 0 Å². The van der Waals surface area contributed by atoms with Gasteiger partial charge in [0.15, 0.2) is 0 Å². The third kappa shape index (κ3) is 17.6. The van der Waals surface area contributed by atoms with Crippen LogP contribution in [0.2, 0.25) is 0 Å². The Kier molecular flexibility index (Phi) is 21.7. The van der Waals surface area contributed by atoms with Crippen LogP contribution in [-0.4, -0.2) is 42.9 Å². The van der Waals surface area contributed by atoms with Crippen LogP contribution in [0.25, 0.3) is 0 Å². The van der Waals surface area contributed by atoms with E-state index in [1.165, 1.54) is 89.9 Å². The van der Waals surface area contributed by atoms with E-state index in [0.29, 0.717) is 11.1 Å². The smallest absolute Gasteiger partial charge is 0.253 e. The molecule has 0 radical (unpaired) electrons. The summed E-state index contributed by atoms with van der Waals surface area (Å²) < 4.78 is 0. The second-order valence-corrected chi connectivity index (χ2v) is 10.9. The van der Waals surface area contributed by atoms with Crippen molar-refractivity contribution in [1.29, 1.82) is 0 Å². The maximum Gasteiger partial charge on any atom is 0.253 e. The molecule has 0 saturated carbocycles. The van der Waals surface area contributed by atoms with Gasteiger partial charge < -0.3 is 22.1 Å². The fraction of sp³-hybridized carbons (Fsp3) is 0.750. The molecule has 1 rings (SSSR count). The van der Waals surface area contributed by atoms with E-state index in [1.807, 2.05) is 4.90 Å². The number of amides is 2. The Labute approximate surface area is 233 Å². The van der Waals surface area contributed by atoms with Gasteiger partial charge in [-0.05, 0) is 57.0 Å². The first kappa shape index (κ1) is 34.1. The Morgan fingerprint density at radius 2 is 0.868 bits per heavy atom. The van der Waals surface area contributed by atoms with Crippen molar-refractivity contribution in [3.05, 3.63) is 35.4 Å². The first-order valence-corrected chi connectivity index (χ1v) is 15.7. The Morgan fingerprint density at radius 1 is 0.526 bits per heavy atom. The molecule has 0 fully saturated rings. The molecule has 0 aliphatic rings. The molecule has 1 aromatic rings. The van der Waals surface area contributed by atoms with Gasteiger partial charge in [0.05, 0.1) is 0 Å². The van der Waals surface area contributed by atoms with Crippen molar-refractivity contribution in [2.24, 2.45) is 17.2 Å². The molecule has 2 amide bonds. The quantitative estimate of drug-likeness (QED) is 0.112. The van der Waals surface area contributed by atoms with Gasteiger partial charge in [0.1, 0.15) is 0 Å². The van der Waals surface area contributed by atoms with E-state index in [1.54, 1.807) is 24.3 Å². The summed E-state index contributed by atoms with van der Waals surface area (Å²) in [4.78, 5) is 26.9. The van der Waals surface area contributed by atoms with Crippen molar-refractivity contribution < 1.29 is 9.59 Å². The fourth-order valence-corrected chi connectivity index (χ4v) is 5.03. The SMILES string of the molecule is NCCCCCCCCCCCCN(CCCCCCCCCCCCN)C(=O)c1cccc(C(N)=O)c1. The summed E-state index contributed by atoms with van der Waals surface area (Å²) in [5, 5.41) is 0. The lowest BCUT2D eigenvalue weighted by atomic mass is 10.0. The van der Waals surface area contributed by atoms with E-state index < -0.39 is 5.91 Å². The molecule has 0 aliphatic carbocycles. The normalized spacial score (nSPS) is 11.1. The second kappa shape index (κ2) is 24.1. The van der Waals surface area contributed by atoms with Gasteiger partial charge in [0.2, 0.25) is 5.91 Å². The molecular formula is C32H58N4O2. The minimum atomic E-state index is -0.495. The van der Waals surface area contributed by atoms with E-state index in [-0.39, 0.29) is 5.91 Å². The summed E-state index contributed by atoms with van der Waals surface area (Å²) in [5.41, 5.74) is 17.5. The van der Waals surface area contributed by atoms with Crippen molar-refractivity contribution >= 4 is 11.8 Å². The van der Waals surface area contributed by atoms with Crippen LogP contribution in [0.1, 0.15) is 149 Å². The Morgan fingerprint density at radius 3 is 1.24 bits per heavy atom. The summed E-state index contributed by atoms with van der Waals surface area (Å²) in [6.45, 7) is 3.18. The molecule has 0 spiro atoms. The van der Waals surface area contributed by atoms with Gasteiger partial charge in [0.25, 0.3) is 5.91 Å². The van der Waals surface area contributed by atoms with Gasteiger partial charge in [-0.1, -0.05) is 109 Å². The lowest BCUT2D eigenvalue weighted by Crippen LogP contribution is -2.33. The number of benzene rings is 1. The summed E-state index contributed by atoms with van der Waals surface area (Å²) in [6, 6.07) is 6.85. The van der Waals surface area contributed by atoms with Crippen LogP contribution >= 0.6 is 0 Å². The van der Waals surface area contributed by atoms with E-state index >= 15 is 0 Å². The molecule has 6 nitrogen and oxygen atoms in total. The summed E-state index contributed by atoms with van der Waals surface area (Å²) >= 11 is 0. The first-order chi connectivity index (χ1) is 18.6. The third-order valence-electron chi connectivity index (χ3n) is 7.45. The highest BCUT2D eigenvalue weighted by Crippen LogP contribution is 2.15. The Hall–Kier alpha value is -1.92. The molecular weight excluding hydrogens is 472 g/mol. The molecule has 0 aliphatic heterocycles. The minimum Gasteiger partial charge on any atom is -0.366 e. The highest BCUT2D eigenvalue weighted by Gasteiger charge is 2.16. The van der Waals surface area contributed by atoms with Crippen molar-refractivity contribution in [1.82, 2.24) is 4.90 Å². The number of hydrogen-bond donors (Lipinski definition) is 3. The van der Waals surface area contributed by atoms with E-state index in [4.69, 9.17) is 17.2 Å². The zero-order valence-electron chi connectivity index (χ0n) is 24.3. The highest BCUT2D eigenvalue weighted by atomic mass is 16.2. The minimum absolute atomic E-state index is 0.0167. The van der Waals surface area contributed by atoms with Crippen molar-refractivity contribution in [2.45, 2.75) is 128 Å². The average molecular weight is 531 g/mol. The maximum absolute atomic E-state index is 13.3. The van der Waals surface area contributed by atoms with Gasteiger partial charge >= 0.3 is 0 Å². The molecule has 218 valence electrons. The van der Waals surface area contributed by atoms with Crippen LogP contribution in [0.3, 0.4) is 0 Å². The number of primary amides is 1. The van der Waals surface area contributed by atoms with E-state index in [2.05, 4.69) is 0 Å². The average Bonchev–Trinajstić information content (AvgIpc) is 2.93. The molecule has 6 heteroatoms. The predicted octanol–water partition coefficient (Wildman–Crippen LogP) is 6.95. The summed E-state index contributed by atoms with van der Waals surface area (Å²) in [5.74, 6) is -0.479. The molecule has 0 heterocycles. The predicted molar refractivity (Wildman–Crippen MR) is 161 cm³/mol. The number of carbonyl (C=O) groups is 2. The Bertz CT molecular complexity index is 699. The largest absolute Gasteiger partial charge is 0.366 e. The molecule has 0 saturated heterocycles. The highest BCUT2D eigenvalue weighted by molar-refractivity contribution is 5.99. The summed E-state index contributed by atoms with van der Waals surface area (Å²) in [6.07, 6.45) is 24.7. The van der Waals surface area contributed by atoms with Crippen LogP contribution in [0.15, 0.2) is 24.3 Å². The molecule has 0 aromatic heterocycles. The molecule has 38 heavy (non-hydrogen) atoms. The van der Waals surface area contributed by atoms with Gasteiger partial charge in [-0.2, -0.15) is 0 Å². The number of nitrogens with two attached hydrogens (primary N) is 3. The third-order valence-corrected chi connectivity index (χ3v) is 7.45. The van der Waals surface area contributed by atoms with Gasteiger partial charge in [0, 0.05) is 24.2 Å². The zero-order valence-corrected chi connectivity index (χ0v) is 24.3. The molecule has 0 bridgehead atoms. The number of hydrogen-bond acceptors (Lipinski definition) is 4. The monoisotopic (exact) mass is 530 g/mol. The van der Waals surface area contributed by atoms with Crippen molar-refractivity contribution in [2.75, 3.05) is 26.2 Å². The first-order valence-electron chi connectivity index (χ1n) is 15.7. The lowest BCUT2D eigenvalue weighted by molar-refractivity contribution is 0.0749. The second-order valence-electron chi connectivity index (χ2n) is 10.9. The van der Waals surface area contributed by atoms with E-state index in [9.17, 15) is 9.59 Å². The van der Waals surface area contributed by atoms with Gasteiger partial charge in [-0.25, -0.2) is 0 Å². The Balaban J connectivity index is 2.36. The van der Waals surface area contributed by atoms with Crippen LogP contribution in [0, 0.1) is 0 Å². The fourth-order valence-electron chi connectivity index (χ4n) is 5.03. The van der Waals surface area contributed by atoms with Gasteiger partial charge in [-0.3, -0.25) is 9.59 Å². The van der Waals surface area contributed by atoms with E-state index in [0.717, 1.165) is 64.7 Å². The number of nitrogens with zero attached hydrogens (tertiary/aromatic N) is 1. The summed E-state index contributed by atoms with van der Waals surface area (Å²) in [7, 11) is 0. The molecule has 0 unspecified atom stereocenters. The van der Waals surface area contributed by atoms with Crippen molar-refractivity contribution in [3.8, 4) is 0 Å². The van der Waals surface area contributed by atoms with Crippen LogP contribution in [0.4, 0.5) is 0 Å². The van der Waals surface area contributed by atoms with Crippen LogP contribution < -0.4 is 17.2 Å². The van der Waals surface area contributed by atoms with Crippen molar-refractivity contribution in [3.63, 3.8) is 0 Å². The number of carbonyl (C=O) groups excluding carboxylic acids is 2. The topological polar surface area (TPSA) is 115 Å². The number of rotatable bonds is 26. The maximum atomic E-state index is 13.3. The van der Waals surface area contributed by atoms with Gasteiger partial charge in [-0.15, -0.1) is 0 Å². The van der Waals surface area contributed by atoms with Crippen LogP contribution in [-0.2, 0) is 0 Å². The lowest BCUT2D eigenvalue weighted by Gasteiger charge is -2.23. The number of unbranched alkanes of at least 4 members (excludes halogenated alkanes) is 18. The molecule has 6 N–H and O–H groups in total. The molecule has 1 aromatic carbocycles. The molecule has 0 atom stereocenters. The standard InChI is InChI=1S/C32H58N4O2/c33-24-17-13-9-5-1-3-7-11-15-19-26-36(32(38)30-23-21-22-29(28-30)31(35)37)27-20-16-12-8-4-2-6-10-14-18-25-34/h21-23,28H,1-20,24-27,33-34H2,(H2,35,37). The zero-order chi connectivity index (χ0) is 27.7.